The van der Waals surface area contributed by atoms with E-state index in [0.717, 1.165) is 6.42 Å². The van der Waals surface area contributed by atoms with Crippen LogP contribution in [0.25, 0.3) is 0 Å². The zero-order chi connectivity index (χ0) is 5.78. The van der Waals surface area contributed by atoms with Crippen molar-refractivity contribution in [1.29, 1.82) is 0 Å². The zero-order valence-corrected chi connectivity index (χ0v) is 4.68. The maximum Gasteiger partial charge on any atom is 0.221 e. The fraction of sp³-hybridized carbons (Fsp3) is 0.833. The van der Waals surface area contributed by atoms with Gasteiger partial charge in [0.2, 0.25) is 5.91 Å². The minimum absolute atomic E-state index is 0.0810. The summed E-state index contributed by atoms with van der Waals surface area (Å²) in [5.41, 5.74) is 5.54. The van der Waals surface area contributed by atoms with E-state index in [2.05, 4.69) is 0 Å². The smallest absolute Gasteiger partial charge is 0.221 e. The Bertz CT molecular complexity index is 149. The van der Waals surface area contributed by atoms with Gasteiger partial charge in [-0.05, 0) is 24.7 Å². The number of amides is 1. The molecule has 44 valence electrons. The summed E-state index contributed by atoms with van der Waals surface area (Å²) in [5.74, 6) is 0.185. The van der Waals surface area contributed by atoms with Crippen LogP contribution in [0.3, 0.4) is 0 Å². The normalized spacial score (nSPS) is 37.2. The molecule has 0 aromatic carbocycles. The molecule has 0 bridgehead atoms. The molecule has 2 aliphatic carbocycles. The molecular formula is C6H9NO. The van der Waals surface area contributed by atoms with Gasteiger partial charge < -0.3 is 5.73 Å². The Hall–Kier alpha value is -0.530. The lowest BCUT2D eigenvalue weighted by atomic mass is 10.3. The number of carbonyl (C=O) groups excluding carboxylic acids is 1. The minimum Gasteiger partial charge on any atom is -0.369 e. The van der Waals surface area contributed by atoms with E-state index in [0.29, 0.717) is 5.41 Å². The van der Waals surface area contributed by atoms with Crippen molar-refractivity contribution in [2.75, 3.05) is 0 Å². The van der Waals surface area contributed by atoms with Crippen LogP contribution in [0.15, 0.2) is 0 Å². The molecule has 0 aromatic rings. The Morgan fingerprint density at radius 1 is 1.62 bits per heavy atom. The zero-order valence-electron chi connectivity index (χ0n) is 4.68. The van der Waals surface area contributed by atoms with E-state index in [9.17, 15) is 4.79 Å². The van der Waals surface area contributed by atoms with Gasteiger partial charge in [-0.1, -0.05) is 0 Å². The van der Waals surface area contributed by atoms with Crippen molar-refractivity contribution in [2.24, 2.45) is 17.1 Å². The Labute approximate surface area is 48.1 Å². The second-order valence-corrected chi connectivity index (χ2v) is 3.02. The van der Waals surface area contributed by atoms with E-state index >= 15 is 0 Å². The number of hydrogen-bond donors (Lipinski definition) is 1. The van der Waals surface area contributed by atoms with Crippen molar-refractivity contribution in [2.45, 2.75) is 19.3 Å². The summed E-state index contributed by atoms with van der Waals surface area (Å²) in [5, 5.41) is 0. The summed E-state index contributed by atoms with van der Waals surface area (Å²) < 4.78 is 0. The maximum absolute atomic E-state index is 10.4. The molecule has 2 heteroatoms. The fourth-order valence-electron chi connectivity index (χ4n) is 1.46. The highest BCUT2D eigenvalue weighted by Gasteiger charge is 2.65. The standard InChI is InChI=1S/C6H9NO/c7-5(8)4-3-6(4)1-2-6/h4H,1-3H2,(H2,7,8). The number of nitrogens with two attached hydrogens (primary N) is 1. The third-order valence-electron chi connectivity index (χ3n) is 2.43. The Morgan fingerprint density at radius 2 is 2.25 bits per heavy atom. The van der Waals surface area contributed by atoms with Crippen LogP contribution in [0.1, 0.15) is 19.3 Å². The van der Waals surface area contributed by atoms with E-state index in [4.69, 9.17) is 5.73 Å². The predicted octanol–water partition coefficient (Wildman–Crippen LogP) is 0.272. The summed E-state index contributed by atoms with van der Waals surface area (Å²) in [4.78, 5) is 10.4. The van der Waals surface area contributed by atoms with E-state index in [1.807, 2.05) is 0 Å². The lowest BCUT2D eigenvalue weighted by Gasteiger charge is -1.83. The van der Waals surface area contributed by atoms with Gasteiger partial charge in [0, 0.05) is 5.92 Å². The summed E-state index contributed by atoms with van der Waals surface area (Å²) in [6.07, 6.45) is 3.59. The van der Waals surface area contributed by atoms with Crippen LogP contribution in [-0.2, 0) is 4.79 Å². The molecule has 1 spiro atoms. The molecule has 0 saturated heterocycles. The summed E-state index contributed by atoms with van der Waals surface area (Å²) in [6, 6.07) is 0. The van der Waals surface area contributed by atoms with Crippen molar-refractivity contribution in [3.05, 3.63) is 0 Å². The van der Waals surface area contributed by atoms with Gasteiger partial charge >= 0.3 is 0 Å². The Kier molecular flexibility index (Phi) is 0.504. The first kappa shape index (κ1) is 4.36. The molecule has 2 aliphatic rings. The molecule has 0 aromatic heterocycles. The van der Waals surface area contributed by atoms with Crippen LogP contribution in [-0.4, -0.2) is 5.91 Å². The second-order valence-electron chi connectivity index (χ2n) is 3.02. The molecule has 1 amide bonds. The first-order valence-electron chi connectivity index (χ1n) is 3.04. The Balaban J connectivity index is 2.06. The number of hydrogen-bond acceptors (Lipinski definition) is 1. The van der Waals surface area contributed by atoms with Gasteiger partial charge in [-0.2, -0.15) is 0 Å². The lowest BCUT2D eigenvalue weighted by molar-refractivity contribution is -0.119. The fourth-order valence-corrected chi connectivity index (χ4v) is 1.46. The van der Waals surface area contributed by atoms with E-state index < -0.39 is 0 Å². The minimum atomic E-state index is -0.0810. The summed E-state index contributed by atoms with van der Waals surface area (Å²) >= 11 is 0. The predicted molar refractivity (Wildman–Crippen MR) is 29.0 cm³/mol. The molecule has 1 unspecified atom stereocenters. The third kappa shape index (κ3) is 0.358. The highest BCUT2D eigenvalue weighted by atomic mass is 16.1. The monoisotopic (exact) mass is 111 g/mol. The molecule has 0 heterocycles. The van der Waals surface area contributed by atoms with Gasteiger partial charge in [-0.3, -0.25) is 4.79 Å². The third-order valence-corrected chi connectivity index (χ3v) is 2.43. The van der Waals surface area contributed by atoms with Crippen LogP contribution in [0.2, 0.25) is 0 Å². The van der Waals surface area contributed by atoms with Gasteiger partial charge in [-0.25, -0.2) is 0 Å². The highest BCUT2D eigenvalue weighted by Crippen LogP contribution is 2.70. The number of rotatable bonds is 1. The van der Waals surface area contributed by atoms with Gasteiger partial charge in [0.15, 0.2) is 0 Å². The molecule has 2 nitrogen and oxygen atoms in total. The van der Waals surface area contributed by atoms with Gasteiger partial charge in [0.1, 0.15) is 0 Å². The van der Waals surface area contributed by atoms with Crippen LogP contribution < -0.4 is 5.73 Å². The van der Waals surface area contributed by atoms with Crippen LogP contribution in [0.5, 0.6) is 0 Å². The van der Waals surface area contributed by atoms with Gasteiger partial charge in [0.25, 0.3) is 0 Å². The molecule has 8 heavy (non-hydrogen) atoms. The number of primary amides is 1. The largest absolute Gasteiger partial charge is 0.369 e. The molecule has 2 N–H and O–H groups in total. The quantitative estimate of drug-likeness (QED) is 0.518. The first-order valence-corrected chi connectivity index (χ1v) is 3.04. The summed E-state index contributed by atoms with van der Waals surface area (Å²) in [7, 11) is 0. The highest BCUT2D eigenvalue weighted by molar-refractivity contribution is 5.81. The van der Waals surface area contributed by atoms with Crippen molar-refractivity contribution in [1.82, 2.24) is 0 Å². The maximum atomic E-state index is 10.4. The average Bonchev–Trinajstić information content (AvgIpc) is 2.50. The molecule has 2 rings (SSSR count). The molecule has 0 radical (unpaired) electrons. The second kappa shape index (κ2) is 0.925. The van der Waals surface area contributed by atoms with Crippen molar-refractivity contribution < 1.29 is 4.79 Å². The van der Waals surface area contributed by atoms with Crippen LogP contribution >= 0.6 is 0 Å². The van der Waals surface area contributed by atoms with E-state index in [1.54, 1.807) is 0 Å². The first-order chi connectivity index (χ1) is 3.75. The molecule has 2 fully saturated rings. The average molecular weight is 111 g/mol. The molecule has 0 aliphatic heterocycles. The number of carbonyl (C=O) groups is 1. The SMILES string of the molecule is NC(=O)C1CC12CC2. The van der Waals surface area contributed by atoms with Crippen molar-refractivity contribution in [3.63, 3.8) is 0 Å². The van der Waals surface area contributed by atoms with Crippen molar-refractivity contribution in [3.8, 4) is 0 Å². The van der Waals surface area contributed by atoms with Gasteiger partial charge in [0.05, 0.1) is 0 Å². The van der Waals surface area contributed by atoms with Crippen molar-refractivity contribution >= 4 is 5.91 Å². The van der Waals surface area contributed by atoms with E-state index in [-0.39, 0.29) is 11.8 Å². The molecule has 2 saturated carbocycles. The molecular weight excluding hydrogens is 102 g/mol. The lowest BCUT2D eigenvalue weighted by Crippen LogP contribution is -2.14. The Morgan fingerprint density at radius 3 is 2.38 bits per heavy atom. The van der Waals surface area contributed by atoms with E-state index in [1.165, 1.54) is 12.8 Å². The van der Waals surface area contributed by atoms with Crippen LogP contribution in [0, 0.1) is 11.3 Å². The van der Waals surface area contributed by atoms with Crippen LogP contribution in [0.4, 0.5) is 0 Å². The molecule has 1 atom stereocenters. The summed E-state index contributed by atoms with van der Waals surface area (Å²) in [6.45, 7) is 0. The topological polar surface area (TPSA) is 43.1 Å². The van der Waals surface area contributed by atoms with Gasteiger partial charge in [-0.15, -0.1) is 0 Å².